The van der Waals surface area contributed by atoms with Gasteiger partial charge >= 0.3 is 5.97 Å². The lowest BCUT2D eigenvalue weighted by Gasteiger charge is -2.04. The summed E-state index contributed by atoms with van der Waals surface area (Å²) in [5.41, 5.74) is -0.327. The number of rotatable bonds is 6. The molecule has 0 bridgehead atoms. The van der Waals surface area contributed by atoms with Gasteiger partial charge in [0.2, 0.25) is 5.91 Å². The highest BCUT2D eigenvalue weighted by Crippen LogP contribution is 2.22. The van der Waals surface area contributed by atoms with Crippen LogP contribution in [0.25, 0.3) is 0 Å². The SMILES string of the molecule is CNC(=O)CCCSc1ccc(F)c(C(=O)O)c1. The highest BCUT2D eigenvalue weighted by atomic mass is 32.2. The average Bonchev–Trinajstić information content (AvgIpc) is 2.35. The number of halogens is 1. The van der Waals surface area contributed by atoms with Crippen LogP contribution in [0.1, 0.15) is 23.2 Å². The van der Waals surface area contributed by atoms with Crippen molar-refractivity contribution in [2.24, 2.45) is 0 Å². The van der Waals surface area contributed by atoms with Crippen molar-refractivity contribution in [2.75, 3.05) is 12.8 Å². The van der Waals surface area contributed by atoms with Gasteiger partial charge in [0, 0.05) is 18.4 Å². The molecule has 0 radical (unpaired) electrons. The second kappa shape index (κ2) is 7.00. The van der Waals surface area contributed by atoms with Crippen LogP contribution >= 0.6 is 11.8 Å². The standard InChI is InChI=1S/C12H14FNO3S/c1-14-11(15)3-2-6-18-8-4-5-10(13)9(7-8)12(16)17/h4-5,7H,2-3,6H2,1H3,(H,14,15)(H,16,17). The van der Waals surface area contributed by atoms with Gasteiger partial charge in [-0.1, -0.05) is 0 Å². The van der Waals surface area contributed by atoms with E-state index >= 15 is 0 Å². The number of aromatic carboxylic acids is 1. The van der Waals surface area contributed by atoms with Crippen molar-refractivity contribution in [3.63, 3.8) is 0 Å². The Balaban J connectivity index is 2.50. The van der Waals surface area contributed by atoms with E-state index in [4.69, 9.17) is 5.11 Å². The first-order valence-corrected chi connectivity index (χ1v) is 6.39. The van der Waals surface area contributed by atoms with Crippen LogP contribution in [-0.2, 0) is 4.79 Å². The number of thioether (sulfide) groups is 1. The molecule has 18 heavy (non-hydrogen) atoms. The van der Waals surface area contributed by atoms with Crippen molar-refractivity contribution in [3.05, 3.63) is 29.6 Å². The van der Waals surface area contributed by atoms with Crippen molar-refractivity contribution >= 4 is 23.6 Å². The summed E-state index contributed by atoms with van der Waals surface area (Å²) in [6.45, 7) is 0. The molecule has 1 amide bonds. The van der Waals surface area contributed by atoms with Gasteiger partial charge in [0.25, 0.3) is 0 Å². The first-order chi connectivity index (χ1) is 8.54. The lowest BCUT2D eigenvalue weighted by molar-refractivity contribution is -0.120. The lowest BCUT2D eigenvalue weighted by atomic mass is 10.2. The van der Waals surface area contributed by atoms with Crippen LogP contribution in [0.2, 0.25) is 0 Å². The van der Waals surface area contributed by atoms with Gasteiger partial charge in [0.15, 0.2) is 0 Å². The third kappa shape index (κ3) is 4.37. The third-order valence-corrected chi connectivity index (χ3v) is 3.34. The molecule has 2 N–H and O–H groups in total. The monoisotopic (exact) mass is 271 g/mol. The molecule has 1 rings (SSSR count). The van der Waals surface area contributed by atoms with Gasteiger partial charge in [-0.2, -0.15) is 0 Å². The summed E-state index contributed by atoms with van der Waals surface area (Å²) in [6.07, 6.45) is 1.11. The molecular weight excluding hydrogens is 257 g/mol. The first-order valence-electron chi connectivity index (χ1n) is 5.41. The summed E-state index contributed by atoms with van der Waals surface area (Å²) in [7, 11) is 1.58. The third-order valence-electron chi connectivity index (χ3n) is 2.26. The van der Waals surface area contributed by atoms with E-state index in [2.05, 4.69) is 5.32 Å². The van der Waals surface area contributed by atoms with E-state index in [1.54, 1.807) is 7.05 Å². The summed E-state index contributed by atoms with van der Waals surface area (Å²) in [4.78, 5) is 22.4. The Kier molecular flexibility index (Phi) is 5.64. The van der Waals surface area contributed by atoms with Gasteiger partial charge in [0.05, 0.1) is 5.56 Å². The van der Waals surface area contributed by atoms with Crippen LogP contribution in [0.4, 0.5) is 4.39 Å². The number of hydrogen-bond acceptors (Lipinski definition) is 3. The Morgan fingerprint density at radius 1 is 1.44 bits per heavy atom. The van der Waals surface area contributed by atoms with Crippen molar-refractivity contribution in [1.29, 1.82) is 0 Å². The molecule has 1 aromatic carbocycles. The zero-order chi connectivity index (χ0) is 13.5. The van der Waals surface area contributed by atoms with Crippen molar-refractivity contribution in [1.82, 2.24) is 5.32 Å². The van der Waals surface area contributed by atoms with E-state index in [1.165, 1.54) is 23.9 Å². The van der Waals surface area contributed by atoms with Gasteiger partial charge in [-0.15, -0.1) is 11.8 Å². The van der Waals surface area contributed by atoms with Crippen molar-refractivity contribution < 1.29 is 19.1 Å². The molecule has 0 heterocycles. The Morgan fingerprint density at radius 2 is 2.17 bits per heavy atom. The Labute approximate surface area is 109 Å². The molecule has 0 aliphatic carbocycles. The Hall–Kier alpha value is -1.56. The molecule has 0 aliphatic heterocycles. The van der Waals surface area contributed by atoms with Gasteiger partial charge in [-0.25, -0.2) is 9.18 Å². The molecule has 0 saturated carbocycles. The molecule has 0 saturated heterocycles. The van der Waals surface area contributed by atoms with Crippen molar-refractivity contribution in [3.8, 4) is 0 Å². The van der Waals surface area contributed by atoms with Gasteiger partial charge in [0.1, 0.15) is 5.82 Å². The normalized spacial score (nSPS) is 10.1. The summed E-state index contributed by atoms with van der Waals surface area (Å²) in [5, 5.41) is 11.3. The molecule has 0 unspecified atom stereocenters. The minimum atomic E-state index is -1.28. The Morgan fingerprint density at radius 3 is 2.78 bits per heavy atom. The summed E-state index contributed by atoms with van der Waals surface area (Å²) in [5.74, 6) is -1.36. The minimum absolute atomic E-state index is 0.0269. The average molecular weight is 271 g/mol. The highest BCUT2D eigenvalue weighted by Gasteiger charge is 2.10. The number of carbonyl (C=O) groups excluding carboxylic acids is 1. The molecule has 0 fully saturated rings. The van der Waals surface area contributed by atoms with Crippen LogP contribution in [0, 0.1) is 5.82 Å². The molecule has 4 nitrogen and oxygen atoms in total. The maximum atomic E-state index is 13.1. The second-order valence-corrected chi connectivity index (χ2v) is 4.74. The number of hydrogen-bond donors (Lipinski definition) is 2. The fourth-order valence-corrected chi connectivity index (χ4v) is 2.20. The fraction of sp³-hybridized carbons (Fsp3) is 0.333. The number of nitrogens with one attached hydrogen (secondary N) is 1. The fourth-order valence-electron chi connectivity index (χ4n) is 1.31. The number of carboxylic acid groups (broad SMARTS) is 1. The summed E-state index contributed by atoms with van der Waals surface area (Å²) in [6, 6.07) is 3.99. The zero-order valence-corrected chi connectivity index (χ0v) is 10.7. The predicted molar refractivity (Wildman–Crippen MR) is 67.4 cm³/mol. The van der Waals surface area contributed by atoms with E-state index < -0.39 is 11.8 Å². The van der Waals surface area contributed by atoms with E-state index in [9.17, 15) is 14.0 Å². The largest absolute Gasteiger partial charge is 0.478 e. The quantitative estimate of drug-likeness (QED) is 0.614. The molecule has 0 aromatic heterocycles. The maximum absolute atomic E-state index is 13.1. The van der Waals surface area contributed by atoms with E-state index in [0.717, 1.165) is 6.07 Å². The molecule has 0 spiro atoms. The molecule has 0 aliphatic rings. The van der Waals surface area contributed by atoms with E-state index in [1.807, 2.05) is 0 Å². The molecule has 98 valence electrons. The van der Waals surface area contributed by atoms with Crippen molar-refractivity contribution in [2.45, 2.75) is 17.7 Å². The number of benzene rings is 1. The molecular formula is C12H14FNO3S. The number of amides is 1. The zero-order valence-electron chi connectivity index (χ0n) is 9.90. The first kappa shape index (κ1) is 14.5. The number of carbonyl (C=O) groups is 2. The van der Waals surface area contributed by atoms with Gasteiger partial charge < -0.3 is 10.4 Å². The van der Waals surface area contributed by atoms with Crippen LogP contribution in [-0.4, -0.2) is 29.8 Å². The van der Waals surface area contributed by atoms with Crippen LogP contribution < -0.4 is 5.32 Å². The van der Waals surface area contributed by atoms with E-state index in [0.29, 0.717) is 23.5 Å². The van der Waals surface area contributed by atoms with Crippen LogP contribution in [0.3, 0.4) is 0 Å². The van der Waals surface area contributed by atoms with Gasteiger partial charge in [-0.05, 0) is 30.4 Å². The second-order valence-electron chi connectivity index (χ2n) is 3.57. The predicted octanol–water partition coefficient (Wildman–Crippen LogP) is 2.14. The lowest BCUT2D eigenvalue weighted by Crippen LogP contribution is -2.17. The number of carboxylic acids is 1. The summed E-state index contributed by atoms with van der Waals surface area (Å²) < 4.78 is 13.1. The molecule has 6 heteroatoms. The van der Waals surface area contributed by atoms with Gasteiger partial charge in [-0.3, -0.25) is 4.79 Å². The van der Waals surface area contributed by atoms with Crippen LogP contribution in [0.15, 0.2) is 23.1 Å². The summed E-state index contributed by atoms with van der Waals surface area (Å²) >= 11 is 1.40. The smallest absolute Gasteiger partial charge is 0.338 e. The highest BCUT2D eigenvalue weighted by molar-refractivity contribution is 7.99. The molecule has 0 atom stereocenters. The topological polar surface area (TPSA) is 66.4 Å². The Bertz CT molecular complexity index is 451. The molecule has 1 aromatic rings. The van der Waals surface area contributed by atoms with Crippen LogP contribution in [0.5, 0.6) is 0 Å². The van der Waals surface area contributed by atoms with E-state index in [-0.39, 0.29) is 11.5 Å². The minimum Gasteiger partial charge on any atom is -0.478 e. The maximum Gasteiger partial charge on any atom is 0.338 e.